The van der Waals surface area contributed by atoms with Crippen LogP contribution in [0.2, 0.25) is 0 Å². The van der Waals surface area contributed by atoms with Gasteiger partial charge in [0, 0.05) is 10.8 Å². The fraction of sp³-hybridized carbons (Fsp3) is 0. The van der Waals surface area contributed by atoms with E-state index >= 15 is 0 Å². The van der Waals surface area contributed by atoms with Crippen LogP contribution in [0.4, 0.5) is 0 Å². The summed E-state index contributed by atoms with van der Waals surface area (Å²) in [5.74, 6) is 0. The summed E-state index contributed by atoms with van der Waals surface area (Å²) in [6.07, 6.45) is 0. The fourth-order valence-corrected chi connectivity index (χ4v) is 2.80. The van der Waals surface area contributed by atoms with Gasteiger partial charge in [-0.25, -0.2) is 0 Å². The molecule has 3 aromatic rings. The zero-order valence-corrected chi connectivity index (χ0v) is 9.91. The molecule has 0 fully saturated rings. The maximum Gasteiger partial charge on any atom is 0.233 e. The second kappa shape index (κ2) is 4.15. The van der Waals surface area contributed by atoms with Crippen molar-refractivity contribution in [2.24, 2.45) is 0 Å². The van der Waals surface area contributed by atoms with E-state index in [2.05, 4.69) is 6.07 Å². The van der Waals surface area contributed by atoms with Crippen LogP contribution in [-0.4, -0.2) is 0 Å². The van der Waals surface area contributed by atoms with Crippen molar-refractivity contribution >= 4 is 21.4 Å². The smallest absolute Gasteiger partial charge is 0.233 e. The average molecular weight is 238 g/mol. The molecule has 0 aliphatic carbocycles. The number of fused-ring (bicyclic) bond motifs is 1. The molecule has 17 heavy (non-hydrogen) atoms. The van der Waals surface area contributed by atoms with Gasteiger partial charge in [-0.15, -0.1) is 0 Å². The lowest BCUT2D eigenvalue weighted by atomic mass is 10.0. The number of hydrogen-bond donors (Lipinski definition) is 0. The molecule has 0 radical (unpaired) electrons. The van der Waals surface area contributed by atoms with Crippen molar-refractivity contribution in [2.45, 2.75) is 0 Å². The Hall–Kier alpha value is -1.93. The third-order valence-corrected chi connectivity index (χ3v) is 3.63. The standard InChI is InChI=1S/C15H10OS/c16-15-10-13(11-6-2-1-3-7-11)12-8-4-5-9-14(12)17-15/h1-10H. The van der Waals surface area contributed by atoms with Gasteiger partial charge in [0.1, 0.15) is 0 Å². The summed E-state index contributed by atoms with van der Waals surface area (Å²) in [7, 11) is 0. The van der Waals surface area contributed by atoms with E-state index in [1.54, 1.807) is 6.07 Å². The Bertz CT molecular complexity index is 714. The predicted molar refractivity (Wildman–Crippen MR) is 73.5 cm³/mol. The Balaban J connectivity index is 2.40. The van der Waals surface area contributed by atoms with Crippen LogP contribution >= 0.6 is 11.3 Å². The highest BCUT2D eigenvalue weighted by molar-refractivity contribution is 7.16. The summed E-state index contributed by atoms with van der Waals surface area (Å²) >= 11 is 1.29. The molecule has 3 rings (SSSR count). The van der Waals surface area contributed by atoms with E-state index in [0.717, 1.165) is 21.2 Å². The largest absolute Gasteiger partial charge is 0.278 e. The predicted octanol–water partition coefficient (Wildman–Crippen LogP) is 3.93. The molecule has 1 aromatic heterocycles. The van der Waals surface area contributed by atoms with Crippen LogP contribution in [0.15, 0.2) is 65.5 Å². The zero-order valence-electron chi connectivity index (χ0n) is 9.09. The van der Waals surface area contributed by atoms with Gasteiger partial charge in [0.25, 0.3) is 0 Å². The van der Waals surface area contributed by atoms with Crippen molar-refractivity contribution in [1.29, 1.82) is 0 Å². The summed E-state index contributed by atoms with van der Waals surface area (Å²) in [5, 5.41) is 1.14. The quantitative estimate of drug-likeness (QED) is 0.627. The van der Waals surface area contributed by atoms with Gasteiger partial charge < -0.3 is 0 Å². The van der Waals surface area contributed by atoms with Crippen LogP contribution in [0.1, 0.15) is 0 Å². The number of hydrogen-bond acceptors (Lipinski definition) is 2. The molecule has 0 N–H and O–H groups in total. The molecule has 82 valence electrons. The summed E-state index contributed by atoms with van der Waals surface area (Å²) in [6, 6.07) is 19.8. The van der Waals surface area contributed by atoms with Crippen LogP contribution < -0.4 is 4.74 Å². The first-order valence-corrected chi connectivity index (χ1v) is 6.24. The normalized spacial score (nSPS) is 10.6. The van der Waals surface area contributed by atoms with Crippen LogP contribution in [0, 0.1) is 0 Å². The highest BCUT2D eigenvalue weighted by Gasteiger charge is 2.04. The van der Waals surface area contributed by atoms with Crippen molar-refractivity contribution in [3.63, 3.8) is 0 Å². The maximum atomic E-state index is 11.7. The molecule has 0 amide bonds. The second-order valence-corrected chi connectivity index (χ2v) is 4.89. The minimum atomic E-state index is 0.0996. The van der Waals surface area contributed by atoms with E-state index in [4.69, 9.17) is 0 Å². The molecule has 0 spiro atoms. The van der Waals surface area contributed by atoms with Crippen LogP contribution in [0.3, 0.4) is 0 Å². The highest BCUT2D eigenvalue weighted by atomic mass is 32.1. The molecule has 0 aliphatic heterocycles. The van der Waals surface area contributed by atoms with E-state index in [0.29, 0.717) is 0 Å². The Kier molecular flexibility index (Phi) is 2.50. The van der Waals surface area contributed by atoms with Crippen molar-refractivity contribution < 1.29 is 0 Å². The molecule has 0 saturated heterocycles. The minimum absolute atomic E-state index is 0.0996. The summed E-state index contributed by atoms with van der Waals surface area (Å²) in [6.45, 7) is 0. The number of rotatable bonds is 1. The van der Waals surface area contributed by atoms with Gasteiger partial charge in [0.05, 0.1) is 0 Å². The molecule has 0 aliphatic rings. The first kappa shape index (κ1) is 10.2. The molecule has 0 bridgehead atoms. The van der Waals surface area contributed by atoms with Gasteiger partial charge in [0.15, 0.2) is 0 Å². The zero-order chi connectivity index (χ0) is 11.7. The molecule has 0 atom stereocenters. The fourth-order valence-electron chi connectivity index (χ4n) is 1.97. The molecule has 2 heteroatoms. The first-order valence-electron chi connectivity index (χ1n) is 5.43. The third kappa shape index (κ3) is 1.87. The van der Waals surface area contributed by atoms with E-state index in [1.165, 1.54) is 11.3 Å². The lowest BCUT2D eigenvalue weighted by Gasteiger charge is -2.05. The van der Waals surface area contributed by atoms with Crippen LogP contribution in [0.25, 0.3) is 21.2 Å². The van der Waals surface area contributed by atoms with E-state index in [-0.39, 0.29) is 4.74 Å². The van der Waals surface area contributed by atoms with Crippen LogP contribution in [-0.2, 0) is 0 Å². The second-order valence-electron chi connectivity index (χ2n) is 3.84. The van der Waals surface area contributed by atoms with Gasteiger partial charge in [0.2, 0.25) is 4.74 Å². The van der Waals surface area contributed by atoms with Crippen LogP contribution in [0.5, 0.6) is 0 Å². The van der Waals surface area contributed by atoms with Gasteiger partial charge in [-0.1, -0.05) is 59.9 Å². The topological polar surface area (TPSA) is 17.1 Å². The van der Waals surface area contributed by atoms with E-state index < -0.39 is 0 Å². The summed E-state index contributed by atoms with van der Waals surface area (Å²) < 4.78 is 1.14. The molecule has 1 heterocycles. The van der Waals surface area contributed by atoms with Crippen molar-refractivity contribution in [3.05, 3.63) is 70.2 Å². The Morgan fingerprint density at radius 2 is 1.53 bits per heavy atom. The molecule has 1 nitrogen and oxygen atoms in total. The lowest BCUT2D eigenvalue weighted by molar-refractivity contribution is 1.66. The first-order chi connectivity index (χ1) is 8.34. The van der Waals surface area contributed by atoms with Gasteiger partial charge in [-0.2, -0.15) is 0 Å². The SMILES string of the molecule is O=c1cc(-c2ccccc2)c2ccccc2s1. The van der Waals surface area contributed by atoms with Gasteiger partial charge in [-0.05, 0) is 22.6 Å². The summed E-state index contributed by atoms with van der Waals surface area (Å²) in [5.41, 5.74) is 2.11. The molecule has 2 aromatic carbocycles. The van der Waals surface area contributed by atoms with Crippen molar-refractivity contribution in [1.82, 2.24) is 0 Å². The molecule has 0 unspecified atom stereocenters. The van der Waals surface area contributed by atoms with Crippen molar-refractivity contribution in [2.75, 3.05) is 0 Å². The Labute approximate surface area is 103 Å². The summed E-state index contributed by atoms with van der Waals surface area (Å²) in [4.78, 5) is 11.7. The molecular formula is C15H10OS. The van der Waals surface area contributed by atoms with Crippen molar-refractivity contribution in [3.8, 4) is 11.1 Å². The Morgan fingerprint density at radius 3 is 2.35 bits per heavy atom. The Morgan fingerprint density at radius 1 is 0.824 bits per heavy atom. The van der Waals surface area contributed by atoms with Gasteiger partial charge in [-0.3, -0.25) is 4.79 Å². The van der Waals surface area contributed by atoms with E-state index in [9.17, 15) is 4.79 Å². The third-order valence-electron chi connectivity index (χ3n) is 2.73. The van der Waals surface area contributed by atoms with E-state index in [1.807, 2.05) is 48.5 Å². The lowest BCUT2D eigenvalue weighted by Crippen LogP contribution is -1.93. The minimum Gasteiger partial charge on any atom is -0.278 e. The van der Waals surface area contributed by atoms with Gasteiger partial charge >= 0.3 is 0 Å². The maximum absolute atomic E-state index is 11.7. The highest BCUT2D eigenvalue weighted by Crippen LogP contribution is 2.28. The molecule has 0 saturated carbocycles. The molecular weight excluding hydrogens is 228 g/mol. The number of benzene rings is 2. The average Bonchev–Trinajstić information content (AvgIpc) is 2.39. The monoisotopic (exact) mass is 238 g/mol.